The molecule has 0 radical (unpaired) electrons. The Labute approximate surface area is 111 Å². The number of ether oxygens (including phenoxy) is 2. The average Bonchev–Trinajstić information content (AvgIpc) is 2.28. The zero-order valence-electron chi connectivity index (χ0n) is 11.4. The van der Waals surface area contributed by atoms with Gasteiger partial charge in [-0.05, 0) is 27.7 Å². The van der Waals surface area contributed by atoms with Crippen molar-refractivity contribution in [1.82, 2.24) is 0 Å². The Hall–Kier alpha value is -1.02. The van der Waals surface area contributed by atoms with Crippen LogP contribution in [0.2, 0.25) is 0 Å². The molecule has 110 valence electrons. The molecule has 19 heavy (non-hydrogen) atoms. The summed E-state index contributed by atoms with van der Waals surface area (Å²) in [6, 6.07) is 0. The quantitative estimate of drug-likeness (QED) is 0.553. The lowest BCUT2D eigenvalue weighted by molar-refractivity contribution is -0.284. The maximum atomic E-state index is 11.7. The smallest absolute Gasteiger partial charge is 0.313 e. The Morgan fingerprint density at radius 2 is 1.58 bits per heavy atom. The summed E-state index contributed by atoms with van der Waals surface area (Å²) >= 11 is 0. The Morgan fingerprint density at radius 3 is 2.00 bits per heavy atom. The Bertz CT molecular complexity index is 360. The second kappa shape index (κ2) is 5.54. The van der Waals surface area contributed by atoms with Crippen LogP contribution in [-0.2, 0) is 19.1 Å². The van der Waals surface area contributed by atoms with E-state index in [1.165, 1.54) is 6.92 Å². The van der Waals surface area contributed by atoms with E-state index in [4.69, 9.17) is 9.47 Å². The van der Waals surface area contributed by atoms with Crippen molar-refractivity contribution in [2.24, 2.45) is 5.41 Å². The molecule has 1 saturated heterocycles. The van der Waals surface area contributed by atoms with E-state index in [9.17, 15) is 24.9 Å². The summed E-state index contributed by atoms with van der Waals surface area (Å²) < 4.78 is 9.99. The van der Waals surface area contributed by atoms with Gasteiger partial charge in [-0.25, -0.2) is 0 Å². The predicted molar refractivity (Wildman–Crippen MR) is 62.9 cm³/mol. The van der Waals surface area contributed by atoms with Gasteiger partial charge in [0.05, 0.1) is 5.41 Å². The molecule has 0 aromatic heterocycles. The van der Waals surface area contributed by atoms with Crippen molar-refractivity contribution in [3.05, 3.63) is 0 Å². The van der Waals surface area contributed by atoms with Crippen LogP contribution in [0.25, 0.3) is 0 Å². The van der Waals surface area contributed by atoms with Crippen LogP contribution >= 0.6 is 0 Å². The maximum Gasteiger partial charge on any atom is 0.313 e. The summed E-state index contributed by atoms with van der Waals surface area (Å²) in [5, 5.41) is 28.9. The predicted octanol–water partition coefficient (Wildman–Crippen LogP) is -1.03. The molecule has 1 aliphatic rings. The van der Waals surface area contributed by atoms with Crippen LogP contribution in [0.5, 0.6) is 0 Å². The third-order valence-electron chi connectivity index (χ3n) is 2.81. The molecule has 1 aliphatic heterocycles. The molecule has 0 saturated carbocycles. The van der Waals surface area contributed by atoms with Gasteiger partial charge >= 0.3 is 5.97 Å². The fourth-order valence-corrected chi connectivity index (χ4v) is 1.56. The number of carbonyl (C=O) groups is 2. The molecule has 7 nitrogen and oxygen atoms in total. The van der Waals surface area contributed by atoms with Crippen LogP contribution in [-0.4, -0.2) is 57.8 Å². The zero-order valence-corrected chi connectivity index (χ0v) is 11.4. The minimum atomic E-state index is -1.62. The lowest BCUT2D eigenvalue weighted by Gasteiger charge is -2.39. The van der Waals surface area contributed by atoms with E-state index in [1.807, 2.05) is 0 Å². The standard InChI is InChI=1S/C12H20O7/c1-5(13)9-7(15)6(14)8(16)10(18-9)19-11(17)12(2,3)4/h6-10,14-16H,1-4H3/t6-,7-,8+,9+,10?/m0/s1. The molecule has 0 spiro atoms. The molecule has 7 heteroatoms. The molecule has 1 unspecified atom stereocenters. The first-order chi connectivity index (χ1) is 8.55. The average molecular weight is 276 g/mol. The van der Waals surface area contributed by atoms with E-state index in [2.05, 4.69) is 0 Å². The topological polar surface area (TPSA) is 113 Å². The highest BCUT2D eigenvalue weighted by Gasteiger charge is 2.47. The van der Waals surface area contributed by atoms with Crippen LogP contribution < -0.4 is 0 Å². The molecule has 1 rings (SSSR count). The third kappa shape index (κ3) is 3.50. The Kier molecular flexibility index (Phi) is 4.67. The van der Waals surface area contributed by atoms with Crippen LogP contribution in [0.15, 0.2) is 0 Å². The summed E-state index contributed by atoms with van der Waals surface area (Å²) in [5.41, 5.74) is -0.824. The van der Waals surface area contributed by atoms with E-state index in [0.29, 0.717) is 0 Å². The highest BCUT2D eigenvalue weighted by Crippen LogP contribution is 2.25. The van der Waals surface area contributed by atoms with Gasteiger partial charge in [0.25, 0.3) is 0 Å². The van der Waals surface area contributed by atoms with Gasteiger partial charge in [0.1, 0.15) is 24.4 Å². The van der Waals surface area contributed by atoms with E-state index in [1.54, 1.807) is 20.8 Å². The summed E-state index contributed by atoms with van der Waals surface area (Å²) in [6.07, 6.45) is -7.62. The third-order valence-corrected chi connectivity index (χ3v) is 2.81. The molecular formula is C12H20O7. The molecule has 0 amide bonds. The number of rotatable bonds is 2. The number of hydrogen-bond donors (Lipinski definition) is 3. The SMILES string of the molecule is CC(=O)[C@H]1OC(OC(=O)C(C)(C)C)[C@H](O)[C@@H](O)[C@@H]1O. The maximum absolute atomic E-state index is 11.7. The lowest BCUT2D eigenvalue weighted by Crippen LogP contribution is -2.60. The highest BCUT2D eigenvalue weighted by atomic mass is 16.7. The number of carbonyl (C=O) groups excluding carboxylic acids is 2. The van der Waals surface area contributed by atoms with Gasteiger partial charge in [-0.1, -0.05) is 0 Å². The minimum Gasteiger partial charge on any atom is -0.432 e. The van der Waals surface area contributed by atoms with Gasteiger partial charge in [-0.2, -0.15) is 0 Å². The van der Waals surface area contributed by atoms with Crippen molar-refractivity contribution in [2.45, 2.75) is 58.4 Å². The van der Waals surface area contributed by atoms with Crippen LogP contribution in [0.4, 0.5) is 0 Å². The molecule has 0 aliphatic carbocycles. The first kappa shape index (κ1) is 16.0. The van der Waals surface area contributed by atoms with Crippen LogP contribution in [0.3, 0.4) is 0 Å². The largest absolute Gasteiger partial charge is 0.432 e. The van der Waals surface area contributed by atoms with Crippen LogP contribution in [0, 0.1) is 5.41 Å². The highest BCUT2D eigenvalue weighted by molar-refractivity contribution is 5.81. The fraction of sp³-hybridized carbons (Fsp3) is 0.833. The molecule has 3 N–H and O–H groups in total. The van der Waals surface area contributed by atoms with Crippen molar-refractivity contribution in [3.63, 3.8) is 0 Å². The van der Waals surface area contributed by atoms with Crippen molar-refractivity contribution >= 4 is 11.8 Å². The van der Waals surface area contributed by atoms with Gasteiger partial charge in [-0.15, -0.1) is 0 Å². The first-order valence-electron chi connectivity index (χ1n) is 5.97. The number of Topliss-reactive ketones (excluding diaryl/α,β-unsaturated/α-hetero) is 1. The summed E-state index contributed by atoms with van der Waals surface area (Å²) in [4.78, 5) is 23.0. The van der Waals surface area contributed by atoms with Crippen molar-refractivity contribution in [1.29, 1.82) is 0 Å². The van der Waals surface area contributed by atoms with Gasteiger partial charge in [0, 0.05) is 0 Å². The summed E-state index contributed by atoms with van der Waals surface area (Å²) in [7, 11) is 0. The van der Waals surface area contributed by atoms with Crippen LogP contribution in [0.1, 0.15) is 27.7 Å². The minimum absolute atomic E-state index is 0.532. The molecule has 0 aromatic carbocycles. The molecule has 1 fully saturated rings. The van der Waals surface area contributed by atoms with Gasteiger partial charge in [-0.3, -0.25) is 9.59 Å². The van der Waals surface area contributed by atoms with E-state index in [0.717, 1.165) is 0 Å². The number of hydrogen-bond acceptors (Lipinski definition) is 7. The van der Waals surface area contributed by atoms with Gasteiger partial charge in [0.2, 0.25) is 6.29 Å². The van der Waals surface area contributed by atoms with E-state index >= 15 is 0 Å². The van der Waals surface area contributed by atoms with Crippen molar-refractivity contribution < 1.29 is 34.4 Å². The first-order valence-corrected chi connectivity index (χ1v) is 5.97. The zero-order chi connectivity index (χ0) is 15.0. The van der Waals surface area contributed by atoms with E-state index < -0.39 is 47.9 Å². The molecule has 0 aromatic rings. The lowest BCUT2D eigenvalue weighted by atomic mass is 9.95. The fourth-order valence-electron chi connectivity index (χ4n) is 1.56. The second-order valence-corrected chi connectivity index (χ2v) is 5.66. The molecule has 1 heterocycles. The molecule has 5 atom stereocenters. The van der Waals surface area contributed by atoms with Gasteiger partial charge in [0.15, 0.2) is 5.78 Å². The van der Waals surface area contributed by atoms with Crippen molar-refractivity contribution in [3.8, 4) is 0 Å². The molecular weight excluding hydrogens is 256 g/mol. The van der Waals surface area contributed by atoms with Gasteiger partial charge < -0.3 is 24.8 Å². The Balaban J connectivity index is 2.83. The van der Waals surface area contributed by atoms with E-state index in [-0.39, 0.29) is 0 Å². The number of esters is 1. The summed E-state index contributed by atoms with van der Waals surface area (Å²) in [6.45, 7) is 6.00. The molecule has 0 bridgehead atoms. The number of aliphatic hydroxyl groups excluding tert-OH is 3. The monoisotopic (exact) mass is 276 g/mol. The number of ketones is 1. The number of aliphatic hydroxyl groups is 3. The second-order valence-electron chi connectivity index (χ2n) is 5.66. The Morgan fingerprint density at radius 1 is 1.05 bits per heavy atom. The summed E-state index contributed by atoms with van der Waals surface area (Å²) in [5.74, 6) is -1.18. The van der Waals surface area contributed by atoms with Crippen molar-refractivity contribution in [2.75, 3.05) is 0 Å². The normalized spacial score (nSPS) is 35.8.